The number of nitrogens with zero attached hydrogens (tertiary/aromatic N) is 10. The zero-order valence-corrected chi connectivity index (χ0v) is 29.8. The highest BCUT2D eigenvalue weighted by Gasteiger charge is 2.29. The van der Waals surface area contributed by atoms with E-state index in [1.807, 2.05) is 29.9 Å². The zero-order valence-electron chi connectivity index (χ0n) is 29.8. The van der Waals surface area contributed by atoms with Gasteiger partial charge in [-0.2, -0.15) is 5.26 Å². The molecule has 1 aromatic carbocycles. The number of methoxy groups -OCH3 is 1. The molecule has 1 saturated carbocycles. The van der Waals surface area contributed by atoms with E-state index in [1.54, 1.807) is 30.3 Å². The molecule has 2 aliphatic rings. The number of morpholine rings is 1. The minimum absolute atomic E-state index is 0.266. The number of rotatable bonds is 19. The number of aromatic nitrogens is 8. The zero-order chi connectivity index (χ0) is 36.0. The van der Waals surface area contributed by atoms with E-state index in [1.165, 1.54) is 6.33 Å². The first-order chi connectivity index (χ1) is 25.6. The number of hydrogen-bond acceptors (Lipinski definition) is 15. The summed E-state index contributed by atoms with van der Waals surface area (Å²) < 4.78 is 37.5. The highest BCUT2D eigenvalue weighted by Crippen LogP contribution is 2.35. The van der Waals surface area contributed by atoms with Crippen molar-refractivity contribution in [2.75, 3.05) is 78.4 Å². The van der Waals surface area contributed by atoms with Crippen LogP contribution in [-0.2, 0) is 25.5 Å². The number of benzene rings is 1. The maximum atomic E-state index is 9.69. The molecule has 1 N–H and O–H groups in total. The van der Waals surface area contributed by atoms with Gasteiger partial charge in [-0.3, -0.25) is 9.58 Å². The molecule has 0 spiro atoms. The maximum absolute atomic E-state index is 9.69. The van der Waals surface area contributed by atoms with Crippen molar-refractivity contribution in [3.63, 3.8) is 0 Å². The van der Waals surface area contributed by atoms with Crippen molar-refractivity contribution < 1.29 is 28.4 Å². The minimum Gasteiger partial charge on any atom is -0.487 e. The molecular formula is C35H47N11O6. The molecule has 0 bridgehead atoms. The molecule has 1 aliphatic carbocycles. The monoisotopic (exact) mass is 717 g/mol. The molecule has 2 fully saturated rings. The molecule has 1 aliphatic heterocycles. The number of nitrogens with one attached hydrogen (secondary N) is 1. The van der Waals surface area contributed by atoms with Gasteiger partial charge in [0.25, 0.3) is 5.88 Å². The van der Waals surface area contributed by atoms with Gasteiger partial charge in [0.1, 0.15) is 36.5 Å². The van der Waals surface area contributed by atoms with Crippen LogP contribution >= 0.6 is 0 Å². The summed E-state index contributed by atoms with van der Waals surface area (Å²) in [5.41, 5.74) is 2.67. The molecule has 1 atom stereocenters. The molecule has 0 radical (unpaired) electrons. The number of tetrazole rings is 1. The van der Waals surface area contributed by atoms with Crippen LogP contribution in [0.2, 0.25) is 0 Å². The summed E-state index contributed by atoms with van der Waals surface area (Å²) >= 11 is 0. The molecule has 52 heavy (non-hydrogen) atoms. The average Bonchev–Trinajstić information content (AvgIpc) is 3.85. The van der Waals surface area contributed by atoms with Gasteiger partial charge < -0.3 is 33.7 Å². The molecule has 1 saturated heterocycles. The first-order valence-electron chi connectivity index (χ1n) is 17.8. The number of hydrogen-bond donors (Lipinski definition) is 1. The van der Waals surface area contributed by atoms with Gasteiger partial charge in [-0.25, -0.2) is 14.6 Å². The summed E-state index contributed by atoms with van der Waals surface area (Å²) in [5, 5.41) is 29.1. The van der Waals surface area contributed by atoms with Crippen molar-refractivity contribution in [1.29, 1.82) is 5.26 Å². The van der Waals surface area contributed by atoms with Crippen molar-refractivity contribution >= 4 is 11.6 Å². The van der Waals surface area contributed by atoms with Gasteiger partial charge in [0.2, 0.25) is 5.95 Å². The summed E-state index contributed by atoms with van der Waals surface area (Å²) in [5.74, 6) is 1.32. The van der Waals surface area contributed by atoms with Crippen LogP contribution in [0.3, 0.4) is 0 Å². The Morgan fingerprint density at radius 1 is 0.962 bits per heavy atom. The molecule has 17 heteroatoms. The van der Waals surface area contributed by atoms with Gasteiger partial charge >= 0.3 is 0 Å². The number of nitriles is 1. The lowest BCUT2D eigenvalue weighted by atomic mass is 9.90. The quantitative estimate of drug-likeness (QED) is 0.139. The lowest BCUT2D eigenvalue weighted by Gasteiger charge is -2.38. The summed E-state index contributed by atoms with van der Waals surface area (Å²) in [7, 11) is 1.65. The lowest BCUT2D eigenvalue weighted by Crippen LogP contribution is -2.45. The van der Waals surface area contributed by atoms with Crippen LogP contribution < -0.4 is 14.8 Å². The molecular weight excluding hydrogens is 670 g/mol. The van der Waals surface area contributed by atoms with Gasteiger partial charge in [-0.1, -0.05) is 6.07 Å². The average molecular weight is 718 g/mol. The lowest BCUT2D eigenvalue weighted by molar-refractivity contribution is 0.00498. The Morgan fingerprint density at radius 3 is 2.40 bits per heavy atom. The van der Waals surface area contributed by atoms with Crippen molar-refractivity contribution in [3.05, 3.63) is 48.7 Å². The fraction of sp³-hybridized carbons (Fsp3) is 0.571. The Balaban J connectivity index is 1.10. The molecule has 3 aromatic heterocycles. The Bertz CT molecular complexity index is 1680. The second-order valence-electron chi connectivity index (χ2n) is 12.7. The van der Waals surface area contributed by atoms with Crippen molar-refractivity contribution in [1.82, 2.24) is 44.9 Å². The highest BCUT2D eigenvalue weighted by molar-refractivity contribution is 5.67. The highest BCUT2D eigenvalue weighted by atomic mass is 16.6. The van der Waals surface area contributed by atoms with Crippen LogP contribution in [0.15, 0.2) is 43.1 Å². The van der Waals surface area contributed by atoms with E-state index in [4.69, 9.17) is 33.5 Å². The minimum atomic E-state index is -0.280. The van der Waals surface area contributed by atoms with Crippen LogP contribution in [0.5, 0.6) is 11.6 Å². The summed E-state index contributed by atoms with van der Waals surface area (Å²) in [4.78, 5) is 11.8. The molecule has 0 amide bonds. The van der Waals surface area contributed by atoms with Gasteiger partial charge in [0.05, 0.1) is 70.6 Å². The van der Waals surface area contributed by atoms with Crippen LogP contribution in [0.25, 0.3) is 11.1 Å². The van der Waals surface area contributed by atoms with Crippen LogP contribution in [0, 0.1) is 11.3 Å². The summed E-state index contributed by atoms with van der Waals surface area (Å²) in [6.45, 7) is 8.72. The van der Waals surface area contributed by atoms with E-state index in [2.05, 4.69) is 41.8 Å². The Hall–Kier alpha value is -4.73. The maximum Gasteiger partial charge on any atom is 0.257 e. The standard InChI is InChI=1S/C35H47N11O6/c1-26(23-45-25-39-42-43-45)52-33-19-27(3-4-28(33)20-36)29-21-37-35(38-22-29)40-32-24-46(31-7-5-30(6-8-31)44-9-11-48-12-10-44)41-34(32)51-18-17-50-16-15-49-14-13-47-2/h3-4,19,21-22,24-26,30-31H,5-18,23H2,1-2H3,(H,37,38,40)/t26-,30?,31?/m0/s1. The van der Waals surface area contributed by atoms with Crippen molar-refractivity contribution in [2.24, 2.45) is 0 Å². The Kier molecular flexibility index (Phi) is 13.7. The van der Waals surface area contributed by atoms with Crippen molar-refractivity contribution in [2.45, 2.75) is 57.3 Å². The van der Waals surface area contributed by atoms with Crippen LogP contribution in [0.1, 0.15) is 44.2 Å². The Morgan fingerprint density at radius 2 is 1.69 bits per heavy atom. The second-order valence-corrected chi connectivity index (χ2v) is 12.7. The predicted octanol–water partition coefficient (Wildman–Crippen LogP) is 3.28. The SMILES string of the molecule is COCCOCCOCCOc1nn(C2CCC(N3CCOCC3)CC2)cc1Nc1ncc(-c2ccc(C#N)c(O[C@@H](C)Cn3cnnn3)c2)cn1. The molecule has 4 aromatic rings. The molecule has 0 unspecified atom stereocenters. The van der Waals surface area contributed by atoms with E-state index in [-0.39, 0.29) is 12.1 Å². The molecule has 4 heterocycles. The van der Waals surface area contributed by atoms with Crippen LogP contribution in [0.4, 0.5) is 11.6 Å². The number of anilines is 2. The van der Waals surface area contributed by atoms with Gasteiger partial charge in [0.15, 0.2) is 0 Å². The third-order valence-electron chi connectivity index (χ3n) is 9.07. The molecule has 17 nitrogen and oxygen atoms in total. The normalized spacial score (nSPS) is 18.5. The Labute approximate surface area is 303 Å². The van der Waals surface area contributed by atoms with E-state index >= 15 is 0 Å². The molecule has 278 valence electrons. The summed E-state index contributed by atoms with van der Waals surface area (Å²) in [6, 6.07) is 8.45. The van der Waals surface area contributed by atoms with Crippen molar-refractivity contribution in [3.8, 4) is 28.8 Å². The van der Waals surface area contributed by atoms with Gasteiger partial charge in [0, 0.05) is 44.2 Å². The first kappa shape index (κ1) is 37.0. The summed E-state index contributed by atoms with van der Waals surface area (Å²) in [6.07, 6.45) is 11.0. The van der Waals surface area contributed by atoms with E-state index in [0.29, 0.717) is 81.1 Å². The van der Waals surface area contributed by atoms with Crippen LogP contribution in [-0.4, -0.2) is 130 Å². The first-order valence-corrected chi connectivity index (χ1v) is 17.8. The van der Waals surface area contributed by atoms with E-state index < -0.39 is 0 Å². The topological polar surface area (TPSA) is 182 Å². The third-order valence-corrected chi connectivity index (χ3v) is 9.07. The van der Waals surface area contributed by atoms with E-state index in [0.717, 1.165) is 63.1 Å². The molecule has 6 rings (SSSR count). The predicted molar refractivity (Wildman–Crippen MR) is 188 cm³/mol. The van der Waals surface area contributed by atoms with Gasteiger partial charge in [-0.05, 0) is 60.7 Å². The largest absolute Gasteiger partial charge is 0.487 e. The van der Waals surface area contributed by atoms with E-state index in [9.17, 15) is 5.26 Å². The smallest absolute Gasteiger partial charge is 0.257 e. The van der Waals surface area contributed by atoms with Gasteiger partial charge in [-0.15, -0.1) is 10.2 Å². The fourth-order valence-corrected chi connectivity index (χ4v) is 6.38. The fourth-order valence-electron chi connectivity index (χ4n) is 6.38. The second kappa shape index (κ2) is 19.2. The number of ether oxygens (including phenoxy) is 6. The third kappa shape index (κ3) is 10.4.